The maximum atomic E-state index is 11.4. The molecule has 0 radical (unpaired) electrons. The molecule has 1 N–H and O–H groups in total. The van der Waals surface area contributed by atoms with Crippen LogP contribution >= 0.6 is 11.6 Å². The molecule has 2 aromatic rings. The Balaban J connectivity index is 1.84. The van der Waals surface area contributed by atoms with E-state index in [9.17, 15) is 4.79 Å². The van der Waals surface area contributed by atoms with Crippen LogP contribution in [0.2, 0.25) is 5.15 Å². The van der Waals surface area contributed by atoms with E-state index in [0.717, 1.165) is 16.6 Å². The van der Waals surface area contributed by atoms with E-state index in [1.807, 2.05) is 25.1 Å². The molecule has 1 aliphatic rings. The number of benzene rings is 1. The Morgan fingerprint density at radius 3 is 2.90 bits per heavy atom. The molecule has 1 aromatic carbocycles. The van der Waals surface area contributed by atoms with Gasteiger partial charge in [-0.05, 0) is 31.5 Å². The summed E-state index contributed by atoms with van der Waals surface area (Å²) in [6.07, 6.45) is 0.507. The van der Waals surface area contributed by atoms with Gasteiger partial charge in [0.05, 0.1) is 17.1 Å². The first kappa shape index (κ1) is 14.2. The summed E-state index contributed by atoms with van der Waals surface area (Å²) in [4.78, 5) is 20.1. The third-order valence-corrected chi connectivity index (χ3v) is 3.85. The van der Waals surface area contributed by atoms with Gasteiger partial charge in [0.15, 0.2) is 5.15 Å². The minimum Gasteiger partial charge on any atom is -0.471 e. The number of aryl methyl sites for hydroxylation is 1. The second kappa shape index (κ2) is 5.58. The molecule has 2 atom stereocenters. The summed E-state index contributed by atoms with van der Waals surface area (Å²) in [5, 5.41) is 3.37. The molecule has 0 spiro atoms. The molecule has 110 valence electrons. The second-order valence-electron chi connectivity index (χ2n) is 5.36. The van der Waals surface area contributed by atoms with Crippen LogP contribution in [0.3, 0.4) is 0 Å². The smallest absolute Gasteiger partial charge is 0.253 e. The van der Waals surface area contributed by atoms with Crippen molar-refractivity contribution in [1.29, 1.82) is 0 Å². The highest BCUT2D eigenvalue weighted by atomic mass is 35.5. The van der Waals surface area contributed by atoms with E-state index in [0.29, 0.717) is 18.8 Å². The van der Waals surface area contributed by atoms with Crippen molar-refractivity contribution in [1.82, 2.24) is 15.3 Å². The Labute approximate surface area is 127 Å². The molecule has 0 bridgehead atoms. The maximum absolute atomic E-state index is 11.4. The Bertz CT molecular complexity index is 705. The largest absolute Gasteiger partial charge is 0.471 e. The van der Waals surface area contributed by atoms with Gasteiger partial charge < -0.3 is 10.1 Å². The standard InChI is InChI=1S/C15H16ClN3O2/c1-8-3-4-11-13(5-8)19-15(14(16)18-11)21-10-6-12(9(2)20)17-7-10/h3-5,10,12,17H,6-7H2,1-2H3/t10-,12+/m1/s1. The van der Waals surface area contributed by atoms with Crippen molar-refractivity contribution in [2.75, 3.05) is 6.54 Å². The molecule has 2 heterocycles. The van der Waals surface area contributed by atoms with E-state index in [2.05, 4.69) is 15.3 Å². The Kier molecular flexibility index (Phi) is 3.78. The Hall–Kier alpha value is -1.72. The van der Waals surface area contributed by atoms with E-state index in [1.165, 1.54) is 0 Å². The Morgan fingerprint density at radius 1 is 1.38 bits per heavy atom. The lowest BCUT2D eigenvalue weighted by Gasteiger charge is -2.13. The van der Waals surface area contributed by atoms with Crippen LogP contribution in [0.4, 0.5) is 0 Å². The van der Waals surface area contributed by atoms with E-state index in [4.69, 9.17) is 16.3 Å². The molecule has 0 amide bonds. The number of carbonyl (C=O) groups is 1. The summed E-state index contributed by atoms with van der Waals surface area (Å²) in [5.74, 6) is 0.443. The fourth-order valence-electron chi connectivity index (χ4n) is 2.46. The van der Waals surface area contributed by atoms with Crippen LogP contribution in [0.15, 0.2) is 18.2 Å². The third kappa shape index (κ3) is 2.99. The number of nitrogens with zero attached hydrogens (tertiary/aromatic N) is 2. The minimum atomic E-state index is -0.149. The molecule has 1 aliphatic heterocycles. The molecular formula is C15H16ClN3O2. The fourth-order valence-corrected chi connectivity index (χ4v) is 2.64. The monoisotopic (exact) mass is 305 g/mol. The topological polar surface area (TPSA) is 64.1 Å². The third-order valence-electron chi connectivity index (χ3n) is 3.61. The van der Waals surface area contributed by atoms with Crippen LogP contribution < -0.4 is 10.1 Å². The summed E-state index contributed by atoms with van der Waals surface area (Å²) >= 11 is 6.13. The van der Waals surface area contributed by atoms with Gasteiger partial charge >= 0.3 is 0 Å². The quantitative estimate of drug-likeness (QED) is 0.942. The molecular weight excluding hydrogens is 290 g/mol. The molecule has 1 saturated heterocycles. The molecule has 3 rings (SSSR count). The van der Waals surface area contributed by atoms with Crippen LogP contribution in [-0.4, -0.2) is 34.4 Å². The number of nitrogens with one attached hydrogen (secondary N) is 1. The van der Waals surface area contributed by atoms with Gasteiger partial charge in [-0.15, -0.1) is 0 Å². The first-order chi connectivity index (χ1) is 10.0. The van der Waals surface area contributed by atoms with E-state index >= 15 is 0 Å². The fraction of sp³-hybridized carbons (Fsp3) is 0.400. The van der Waals surface area contributed by atoms with E-state index in [1.54, 1.807) is 6.92 Å². The minimum absolute atomic E-state index is 0.118. The zero-order valence-electron chi connectivity index (χ0n) is 11.9. The predicted molar refractivity (Wildman–Crippen MR) is 80.8 cm³/mol. The lowest BCUT2D eigenvalue weighted by atomic mass is 10.1. The highest BCUT2D eigenvalue weighted by Crippen LogP contribution is 2.26. The van der Waals surface area contributed by atoms with Gasteiger partial charge in [-0.2, -0.15) is 0 Å². The molecule has 0 aliphatic carbocycles. The molecule has 21 heavy (non-hydrogen) atoms. The van der Waals surface area contributed by atoms with E-state index < -0.39 is 0 Å². The molecule has 1 fully saturated rings. The first-order valence-electron chi connectivity index (χ1n) is 6.87. The van der Waals surface area contributed by atoms with Crippen molar-refractivity contribution in [3.63, 3.8) is 0 Å². The number of carbonyl (C=O) groups excluding carboxylic acids is 1. The number of fused-ring (bicyclic) bond motifs is 1. The van der Waals surface area contributed by atoms with Gasteiger partial charge in [-0.1, -0.05) is 17.7 Å². The van der Waals surface area contributed by atoms with Crippen LogP contribution in [0.5, 0.6) is 5.88 Å². The number of ether oxygens (including phenoxy) is 1. The summed E-state index contributed by atoms with van der Waals surface area (Å²) in [6, 6.07) is 5.64. The van der Waals surface area contributed by atoms with Crippen LogP contribution in [0.25, 0.3) is 11.0 Å². The van der Waals surface area contributed by atoms with Crippen LogP contribution in [0.1, 0.15) is 18.9 Å². The summed E-state index contributed by atoms with van der Waals surface area (Å²) in [7, 11) is 0. The second-order valence-corrected chi connectivity index (χ2v) is 5.72. The molecule has 6 heteroatoms. The number of aromatic nitrogens is 2. The van der Waals surface area contributed by atoms with E-state index in [-0.39, 0.29) is 23.1 Å². The lowest BCUT2D eigenvalue weighted by Crippen LogP contribution is -2.28. The normalized spacial score (nSPS) is 21.7. The van der Waals surface area contributed by atoms with Crippen molar-refractivity contribution in [2.24, 2.45) is 0 Å². The number of rotatable bonds is 3. The van der Waals surface area contributed by atoms with Gasteiger partial charge in [-0.3, -0.25) is 4.79 Å². The summed E-state index contributed by atoms with van der Waals surface area (Å²) in [6.45, 7) is 4.17. The average Bonchev–Trinajstić information content (AvgIpc) is 2.89. The van der Waals surface area contributed by atoms with Crippen LogP contribution in [-0.2, 0) is 4.79 Å². The van der Waals surface area contributed by atoms with Crippen LogP contribution in [0, 0.1) is 6.92 Å². The van der Waals surface area contributed by atoms with Gasteiger partial charge in [0.2, 0.25) is 0 Å². The van der Waals surface area contributed by atoms with Crippen molar-refractivity contribution in [2.45, 2.75) is 32.4 Å². The Morgan fingerprint density at radius 2 is 2.19 bits per heavy atom. The lowest BCUT2D eigenvalue weighted by molar-refractivity contribution is -0.118. The summed E-state index contributed by atoms with van der Waals surface area (Å²) < 4.78 is 5.81. The van der Waals surface area contributed by atoms with Crippen molar-refractivity contribution >= 4 is 28.4 Å². The molecule has 0 unspecified atom stereocenters. The highest BCUT2D eigenvalue weighted by Gasteiger charge is 2.29. The molecule has 1 aromatic heterocycles. The molecule has 5 nitrogen and oxygen atoms in total. The first-order valence-corrected chi connectivity index (χ1v) is 7.25. The van der Waals surface area contributed by atoms with Crippen molar-refractivity contribution in [3.05, 3.63) is 28.9 Å². The number of hydrogen-bond donors (Lipinski definition) is 1. The van der Waals surface area contributed by atoms with Crippen molar-refractivity contribution < 1.29 is 9.53 Å². The number of hydrogen-bond acceptors (Lipinski definition) is 5. The zero-order chi connectivity index (χ0) is 15.0. The van der Waals surface area contributed by atoms with Gasteiger partial charge in [0.1, 0.15) is 11.9 Å². The van der Waals surface area contributed by atoms with Gasteiger partial charge in [-0.25, -0.2) is 9.97 Å². The summed E-state index contributed by atoms with van der Waals surface area (Å²) in [5.41, 5.74) is 2.59. The average molecular weight is 306 g/mol. The predicted octanol–water partition coefficient (Wildman–Crippen LogP) is 2.29. The van der Waals surface area contributed by atoms with Gasteiger partial charge in [0.25, 0.3) is 5.88 Å². The molecule has 0 saturated carbocycles. The number of Topliss-reactive ketones (excluding diaryl/α,β-unsaturated/α-hetero) is 1. The SMILES string of the molecule is CC(=O)[C@@H]1C[C@@H](Oc2nc3cc(C)ccc3nc2Cl)CN1. The maximum Gasteiger partial charge on any atom is 0.253 e. The highest BCUT2D eigenvalue weighted by molar-refractivity contribution is 6.31. The van der Waals surface area contributed by atoms with Gasteiger partial charge in [0, 0.05) is 13.0 Å². The zero-order valence-corrected chi connectivity index (χ0v) is 12.6. The number of halogens is 1. The number of ketones is 1. The van der Waals surface area contributed by atoms with Crippen molar-refractivity contribution in [3.8, 4) is 5.88 Å².